The van der Waals surface area contributed by atoms with E-state index in [0.717, 1.165) is 0 Å². The first-order valence-electron chi connectivity index (χ1n) is 6.47. The van der Waals surface area contributed by atoms with Crippen LogP contribution in [0.4, 0.5) is 0 Å². The third kappa shape index (κ3) is 4.34. The van der Waals surface area contributed by atoms with Crippen molar-refractivity contribution in [3.05, 3.63) is 29.3 Å². The van der Waals surface area contributed by atoms with Crippen LogP contribution in [0.15, 0.2) is 18.2 Å². The summed E-state index contributed by atoms with van der Waals surface area (Å²) in [6.45, 7) is 3.00. The van der Waals surface area contributed by atoms with Crippen LogP contribution in [0, 0.1) is 0 Å². The monoisotopic (exact) mass is 241 g/mol. The molecule has 0 fully saturated rings. The van der Waals surface area contributed by atoms with E-state index in [9.17, 15) is 10.2 Å². The molecule has 0 saturated heterocycles. The molecule has 0 amide bonds. The molecule has 0 aromatic heterocycles. The Balaban J connectivity index is 3.02. The lowest BCUT2D eigenvalue weighted by Crippen LogP contribution is -2.38. The van der Waals surface area contributed by atoms with Crippen LogP contribution in [-0.4, -0.2) is 27.4 Å². The van der Waals surface area contributed by atoms with Gasteiger partial charge in [0.15, 0.2) is 0 Å². The van der Waals surface area contributed by atoms with Crippen LogP contribution >= 0.6 is 0 Å². The Morgan fingerprint density at radius 1 is 1.41 bits per heavy atom. The Morgan fingerprint density at radius 3 is 2.59 bits per heavy atom. The van der Waals surface area contributed by atoms with E-state index in [2.05, 4.69) is 5.32 Å². The van der Waals surface area contributed by atoms with Crippen LogP contribution in [0.25, 0.3) is 0 Å². The predicted molar refractivity (Wildman–Crippen MR) is 66.7 cm³/mol. The van der Waals surface area contributed by atoms with Gasteiger partial charge < -0.3 is 20.6 Å². The molecule has 0 radical (unpaired) electrons. The minimum atomic E-state index is -2.03. The minimum absolute atomic E-state index is 0.0807. The maximum absolute atomic E-state index is 10.1. The molecule has 4 heteroatoms. The Kier molecular flexibility index (Phi) is 3.56. The van der Waals surface area contributed by atoms with E-state index in [-0.39, 0.29) is 17.9 Å². The summed E-state index contributed by atoms with van der Waals surface area (Å²) in [4.78, 5) is 0. The third-order valence-electron chi connectivity index (χ3n) is 2.17. The summed E-state index contributed by atoms with van der Waals surface area (Å²) in [6.07, 6.45) is -1.40. The molecule has 17 heavy (non-hydrogen) atoms. The van der Waals surface area contributed by atoms with Crippen molar-refractivity contribution in [2.24, 2.45) is 0 Å². The first-order valence-corrected chi connectivity index (χ1v) is 5.47. The van der Waals surface area contributed by atoms with Gasteiger partial charge in [-0.2, -0.15) is 0 Å². The van der Waals surface area contributed by atoms with Crippen molar-refractivity contribution in [1.29, 1.82) is 0 Å². The summed E-state index contributed by atoms with van der Waals surface area (Å²) in [5, 5.41) is 31.3. The van der Waals surface area contributed by atoms with Crippen molar-refractivity contribution < 1.29 is 18.1 Å². The zero-order valence-electron chi connectivity index (χ0n) is 12.4. The van der Waals surface area contributed by atoms with Gasteiger partial charge >= 0.3 is 0 Å². The van der Waals surface area contributed by atoms with Gasteiger partial charge in [0.25, 0.3) is 0 Å². The Labute approximate surface area is 105 Å². The first kappa shape index (κ1) is 11.0. The molecular formula is C13H21NO3. The van der Waals surface area contributed by atoms with Crippen LogP contribution in [-0.2, 0) is 6.61 Å². The van der Waals surface area contributed by atoms with Crippen LogP contribution in [0.5, 0.6) is 5.75 Å². The lowest BCUT2D eigenvalue weighted by Gasteiger charge is -2.23. The highest BCUT2D eigenvalue weighted by molar-refractivity contribution is 5.36. The number of phenols is 1. The van der Waals surface area contributed by atoms with Gasteiger partial charge in [-0.1, -0.05) is 6.07 Å². The topological polar surface area (TPSA) is 72.7 Å². The fourth-order valence-corrected chi connectivity index (χ4v) is 1.27. The molecule has 4 N–H and O–H groups in total. The van der Waals surface area contributed by atoms with Crippen LogP contribution in [0.2, 0.25) is 0 Å². The quantitative estimate of drug-likeness (QED) is 0.641. The van der Waals surface area contributed by atoms with Gasteiger partial charge in [0.05, 0.1) is 12.7 Å². The Hall–Kier alpha value is -1.10. The molecule has 0 bridgehead atoms. The molecule has 0 aliphatic heterocycles. The van der Waals surface area contributed by atoms with Crippen molar-refractivity contribution in [2.75, 3.05) is 6.50 Å². The van der Waals surface area contributed by atoms with E-state index < -0.39 is 18.1 Å². The van der Waals surface area contributed by atoms with Crippen molar-refractivity contribution in [2.45, 2.75) is 39.0 Å². The fourth-order valence-electron chi connectivity index (χ4n) is 1.27. The third-order valence-corrected chi connectivity index (χ3v) is 2.17. The SMILES string of the molecule is [2H]C([2H])(NC(C)(C)C)[C@@H](O)c1ccc(O)c(CO)c1. The van der Waals surface area contributed by atoms with Crippen molar-refractivity contribution in [3.8, 4) is 5.75 Å². The Bertz CT molecular complexity index is 444. The fraction of sp³-hybridized carbons (Fsp3) is 0.538. The van der Waals surface area contributed by atoms with Gasteiger partial charge in [0.1, 0.15) is 5.75 Å². The van der Waals surface area contributed by atoms with Crippen LogP contribution < -0.4 is 5.32 Å². The van der Waals surface area contributed by atoms with Gasteiger partial charge in [0, 0.05) is 20.3 Å². The smallest absolute Gasteiger partial charge is 0.121 e. The lowest BCUT2D eigenvalue weighted by atomic mass is 10.0. The molecule has 0 saturated carbocycles. The highest BCUT2D eigenvalue weighted by Crippen LogP contribution is 2.22. The summed E-state index contributed by atoms with van der Waals surface area (Å²) >= 11 is 0. The molecule has 0 spiro atoms. The predicted octanol–water partition coefficient (Wildman–Crippen LogP) is 1.31. The standard InChI is InChI=1S/C13H21NO3/c1-13(2,3)14-7-12(17)9-4-5-11(16)10(6-9)8-15/h4-6,12,14-17H,7-8H2,1-3H3/t12-/m1/s1/i7D2. The van der Waals surface area contributed by atoms with Crippen LogP contribution in [0.3, 0.4) is 0 Å². The molecular weight excluding hydrogens is 218 g/mol. The van der Waals surface area contributed by atoms with E-state index in [1.165, 1.54) is 18.2 Å². The molecule has 0 aliphatic carbocycles. The zero-order valence-corrected chi connectivity index (χ0v) is 10.4. The molecule has 1 aromatic carbocycles. The summed E-state index contributed by atoms with van der Waals surface area (Å²) in [7, 11) is 0. The highest BCUT2D eigenvalue weighted by atomic mass is 16.3. The average molecular weight is 241 g/mol. The molecule has 4 nitrogen and oxygen atoms in total. The number of hydrogen-bond acceptors (Lipinski definition) is 4. The molecule has 1 rings (SSSR count). The second kappa shape index (κ2) is 5.49. The number of benzene rings is 1. The molecule has 0 unspecified atom stereocenters. The maximum Gasteiger partial charge on any atom is 0.121 e. The van der Waals surface area contributed by atoms with Crippen molar-refractivity contribution >= 4 is 0 Å². The normalized spacial score (nSPS) is 16.3. The number of aromatic hydroxyl groups is 1. The second-order valence-corrected chi connectivity index (χ2v) is 4.97. The minimum Gasteiger partial charge on any atom is -0.508 e. The molecule has 1 atom stereocenters. The van der Waals surface area contributed by atoms with E-state index in [4.69, 9.17) is 7.85 Å². The summed E-state index contributed by atoms with van der Waals surface area (Å²) in [5.74, 6) is -0.0807. The highest BCUT2D eigenvalue weighted by Gasteiger charge is 2.14. The van der Waals surface area contributed by atoms with Gasteiger partial charge in [0.2, 0.25) is 0 Å². The van der Waals surface area contributed by atoms with E-state index in [1.807, 2.05) is 0 Å². The van der Waals surface area contributed by atoms with E-state index in [1.54, 1.807) is 20.8 Å². The van der Waals surface area contributed by atoms with Gasteiger partial charge in [-0.15, -0.1) is 0 Å². The number of rotatable bonds is 4. The van der Waals surface area contributed by atoms with Crippen molar-refractivity contribution in [3.63, 3.8) is 0 Å². The molecule has 96 valence electrons. The van der Waals surface area contributed by atoms with Gasteiger partial charge in [-0.25, -0.2) is 0 Å². The number of nitrogens with one attached hydrogen (secondary N) is 1. The van der Waals surface area contributed by atoms with Crippen LogP contribution in [0.1, 0.15) is 40.7 Å². The largest absolute Gasteiger partial charge is 0.508 e. The van der Waals surface area contributed by atoms with E-state index in [0.29, 0.717) is 5.56 Å². The van der Waals surface area contributed by atoms with Gasteiger partial charge in [-0.3, -0.25) is 0 Å². The average Bonchev–Trinajstić information content (AvgIpc) is 2.25. The lowest BCUT2D eigenvalue weighted by molar-refractivity contribution is 0.163. The molecule has 0 aliphatic rings. The Morgan fingerprint density at radius 2 is 2.06 bits per heavy atom. The van der Waals surface area contributed by atoms with Crippen molar-refractivity contribution in [1.82, 2.24) is 5.32 Å². The van der Waals surface area contributed by atoms with E-state index >= 15 is 0 Å². The number of aliphatic hydroxyl groups is 2. The molecule has 1 aromatic rings. The number of β-amino-alcohol motifs (C(OH)–C–C–N with tert-alkyl or cyclic N) is 1. The number of aliphatic hydroxyl groups excluding tert-OH is 2. The summed E-state index contributed by atoms with van der Waals surface area (Å²) in [6, 6.07) is 4.15. The summed E-state index contributed by atoms with van der Waals surface area (Å²) < 4.78 is 15.8. The summed E-state index contributed by atoms with van der Waals surface area (Å²) in [5.41, 5.74) is 0.0491. The maximum atomic E-state index is 10.1. The first-order chi connectivity index (χ1) is 8.57. The number of hydrogen-bond donors (Lipinski definition) is 4. The molecule has 0 heterocycles. The van der Waals surface area contributed by atoms with Gasteiger partial charge in [-0.05, 0) is 38.5 Å². The zero-order chi connectivity index (χ0) is 14.8. The second-order valence-electron chi connectivity index (χ2n) is 4.97.